The van der Waals surface area contributed by atoms with Gasteiger partial charge in [0.1, 0.15) is 5.75 Å². The maximum atomic E-state index is 12.7. The van der Waals surface area contributed by atoms with Crippen LogP contribution in [-0.4, -0.2) is 41.7 Å². The van der Waals surface area contributed by atoms with Crippen LogP contribution < -0.4 is 14.8 Å². The van der Waals surface area contributed by atoms with Crippen LogP contribution in [0.25, 0.3) is 0 Å². The average Bonchev–Trinajstić information content (AvgIpc) is 2.65. The van der Waals surface area contributed by atoms with Gasteiger partial charge < -0.3 is 14.8 Å². The molecule has 0 fully saturated rings. The van der Waals surface area contributed by atoms with Gasteiger partial charge in [-0.1, -0.05) is 18.2 Å². The summed E-state index contributed by atoms with van der Waals surface area (Å²) in [4.78, 5) is 12.4. The maximum Gasteiger partial charge on any atom is 0.262 e. The van der Waals surface area contributed by atoms with Gasteiger partial charge in [-0.05, 0) is 43.2 Å². The van der Waals surface area contributed by atoms with Crippen molar-refractivity contribution < 1.29 is 22.7 Å². The van der Waals surface area contributed by atoms with Crippen molar-refractivity contribution in [3.05, 3.63) is 53.6 Å². The number of amides is 1. The van der Waals surface area contributed by atoms with Gasteiger partial charge in [0.05, 0.1) is 17.7 Å². The number of rotatable bonds is 9. The van der Waals surface area contributed by atoms with E-state index in [1.54, 1.807) is 44.4 Å². The number of para-hydroxylation sites is 2. The van der Waals surface area contributed by atoms with Gasteiger partial charge in [-0.2, -0.15) is 0 Å². The molecule has 1 amide bonds. The van der Waals surface area contributed by atoms with Crippen LogP contribution >= 0.6 is 0 Å². The molecule has 0 saturated carbocycles. The van der Waals surface area contributed by atoms with Gasteiger partial charge in [0, 0.05) is 25.8 Å². The molecular formula is C19H24N2O5S. The van der Waals surface area contributed by atoms with Crippen LogP contribution in [0.15, 0.2) is 47.4 Å². The van der Waals surface area contributed by atoms with Crippen LogP contribution in [0.3, 0.4) is 0 Å². The van der Waals surface area contributed by atoms with Crippen LogP contribution in [0, 0.1) is 6.92 Å². The fourth-order valence-electron chi connectivity index (χ4n) is 2.46. The molecule has 2 N–H and O–H groups in total. The molecule has 2 rings (SSSR count). The number of hydrogen-bond donors (Lipinski definition) is 2. The standard InChI is InChI=1S/C19H24N2O5S/c1-14-9-10-15(13-16(14)19(22)20-11-6-12-25-2)27(23,24)21-17-7-4-5-8-18(17)26-3/h4-5,7-10,13,21H,6,11-12H2,1-3H3,(H,20,22). The Hall–Kier alpha value is -2.58. The van der Waals surface area contributed by atoms with E-state index >= 15 is 0 Å². The maximum absolute atomic E-state index is 12.7. The minimum Gasteiger partial charge on any atom is -0.495 e. The van der Waals surface area contributed by atoms with Crippen molar-refractivity contribution in [2.75, 3.05) is 32.1 Å². The molecule has 0 aliphatic heterocycles. The Labute approximate surface area is 159 Å². The lowest BCUT2D eigenvalue weighted by Gasteiger charge is -2.13. The van der Waals surface area contributed by atoms with Gasteiger partial charge in [0.15, 0.2) is 0 Å². The topological polar surface area (TPSA) is 93.7 Å². The summed E-state index contributed by atoms with van der Waals surface area (Å²) in [6.45, 7) is 2.74. The SMILES string of the molecule is COCCCNC(=O)c1cc(S(=O)(=O)Nc2ccccc2OC)ccc1C. The number of carbonyl (C=O) groups excluding carboxylic acids is 1. The number of nitrogens with one attached hydrogen (secondary N) is 2. The summed E-state index contributed by atoms with van der Waals surface area (Å²) in [5.41, 5.74) is 1.33. The summed E-state index contributed by atoms with van der Waals surface area (Å²) >= 11 is 0. The predicted molar refractivity (Wildman–Crippen MR) is 104 cm³/mol. The zero-order valence-corrected chi connectivity index (χ0v) is 16.4. The normalized spacial score (nSPS) is 11.1. The Bertz CT molecular complexity index is 897. The van der Waals surface area contributed by atoms with E-state index in [-0.39, 0.29) is 10.8 Å². The van der Waals surface area contributed by atoms with Gasteiger partial charge in [-0.15, -0.1) is 0 Å². The van der Waals surface area contributed by atoms with Crippen LogP contribution in [-0.2, 0) is 14.8 Å². The van der Waals surface area contributed by atoms with E-state index in [1.165, 1.54) is 19.2 Å². The second kappa shape index (κ2) is 9.38. The smallest absolute Gasteiger partial charge is 0.262 e. The molecule has 0 radical (unpaired) electrons. The summed E-state index contributed by atoms with van der Waals surface area (Å²) in [6.07, 6.45) is 0.675. The van der Waals surface area contributed by atoms with Crippen molar-refractivity contribution >= 4 is 21.6 Å². The minimum atomic E-state index is -3.88. The number of anilines is 1. The van der Waals surface area contributed by atoms with E-state index < -0.39 is 10.0 Å². The minimum absolute atomic E-state index is 0.000970. The van der Waals surface area contributed by atoms with Crippen molar-refractivity contribution in [1.82, 2.24) is 5.32 Å². The summed E-state index contributed by atoms with van der Waals surface area (Å²) in [5, 5.41) is 2.77. The Morgan fingerprint density at radius 2 is 1.85 bits per heavy atom. The molecule has 0 spiro atoms. The highest BCUT2D eigenvalue weighted by Gasteiger charge is 2.19. The van der Waals surface area contributed by atoms with Crippen molar-refractivity contribution in [2.45, 2.75) is 18.2 Å². The van der Waals surface area contributed by atoms with Gasteiger partial charge in [-0.25, -0.2) is 8.42 Å². The van der Waals surface area contributed by atoms with Crippen molar-refractivity contribution in [3.8, 4) is 5.75 Å². The number of ether oxygens (including phenoxy) is 2. The first kappa shape index (κ1) is 20.7. The molecule has 146 valence electrons. The summed E-state index contributed by atoms with van der Waals surface area (Å²) in [6, 6.07) is 11.2. The third-order valence-electron chi connectivity index (χ3n) is 3.93. The Balaban J connectivity index is 2.23. The first-order chi connectivity index (χ1) is 12.9. The number of methoxy groups -OCH3 is 2. The van der Waals surface area contributed by atoms with E-state index in [1.807, 2.05) is 0 Å². The zero-order chi connectivity index (χ0) is 19.9. The monoisotopic (exact) mass is 392 g/mol. The molecule has 27 heavy (non-hydrogen) atoms. The summed E-state index contributed by atoms with van der Waals surface area (Å²) in [7, 11) is -0.822. The molecule has 0 aromatic heterocycles. The van der Waals surface area contributed by atoms with Gasteiger partial charge in [0.2, 0.25) is 0 Å². The zero-order valence-electron chi connectivity index (χ0n) is 15.6. The molecule has 7 nitrogen and oxygen atoms in total. The molecule has 0 aliphatic carbocycles. The van der Waals surface area contributed by atoms with E-state index in [4.69, 9.17) is 9.47 Å². The molecule has 0 atom stereocenters. The van der Waals surface area contributed by atoms with Gasteiger partial charge in [0.25, 0.3) is 15.9 Å². The van der Waals surface area contributed by atoms with E-state index in [0.717, 1.165) is 0 Å². The van der Waals surface area contributed by atoms with E-state index in [2.05, 4.69) is 10.0 Å². The number of carbonyl (C=O) groups is 1. The lowest BCUT2D eigenvalue weighted by molar-refractivity contribution is 0.0948. The predicted octanol–water partition coefficient (Wildman–Crippen LogP) is 2.57. The lowest BCUT2D eigenvalue weighted by Crippen LogP contribution is -2.26. The molecule has 0 saturated heterocycles. The molecule has 2 aromatic carbocycles. The van der Waals surface area contributed by atoms with Crippen molar-refractivity contribution in [2.24, 2.45) is 0 Å². The van der Waals surface area contributed by atoms with E-state index in [9.17, 15) is 13.2 Å². The largest absolute Gasteiger partial charge is 0.495 e. The third-order valence-corrected chi connectivity index (χ3v) is 5.29. The fourth-order valence-corrected chi connectivity index (χ4v) is 3.56. The molecule has 0 aliphatic rings. The van der Waals surface area contributed by atoms with Crippen molar-refractivity contribution in [1.29, 1.82) is 0 Å². The Morgan fingerprint density at radius 3 is 2.56 bits per heavy atom. The number of aryl methyl sites for hydroxylation is 1. The van der Waals surface area contributed by atoms with Crippen LogP contribution in [0.1, 0.15) is 22.3 Å². The lowest BCUT2D eigenvalue weighted by atomic mass is 10.1. The molecule has 0 bridgehead atoms. The highest BCUT2D eigenvalue weighted by molar-refractivity contribution is 7.92. The van der Waals surface area contributed by atoms with E-state index in [0.29, 0.717) is 42.1 Å². The summed E-state index contributed by atoms with van der Waals surface area (Å²) in [5.74, 6) is 0.0854. The van der Waals surface area contributed by atoms with Crippen LogP contribution in [0.4, 0.5) is 5.69 Å². The van der Waals surface area contributed by atoms with Crippen LogP contribution in [0.2, 0.25) is 0 Å². The quantitative estimate of drug-likeness (QED) is 0.640. The first-order valence-electron chi connectivity index (χ1n) is 8.42. The second-order valence-electron chi connectivity index (χ2n) is 5.88. The molecular weight excluding hydrogens is 368 g/mol. The third kappa shape index (κ3) is 5.45. The van der Waals surface area contributed by atoms with Gasteiger partial charge >= 0.3 is 0 Å². The molecule has 8 heteroatoms. The van der Waals surface area contributed by atoms with Gasteiger partial charge in [-0.3, -0.25) is 9.52 Å². The number of sulfonamides is 1. The highest BCUT2D eigenvalue weighted by atomic mass is 32.2. The average molecular weight is 392 g/mol. The Kier molecular flexibility index (Phi) is 7.20. The molecule has 0 unspecified atom stereocenters. The van der Waals surface area contributed by atoms with Crippen molar-refractivity contribution in [3.63, 3.8) is 0 Å². The summed E-state index contributed by atoms with van der Waals surface area (Å²) < 4.78 is 38.1. The fraction of sp³-hybridized carbons (Fsp3) is 0.316. The number of hydrogen-bond acceptors (Lipinski definition) is 5. The van der Waals surface area contributed by atoms with Crippen LogP contribution in [0.5, 0.6) is 5.75 Å². The second-order valence-corrected chi connectivity index (χ2v) is 7.57. The first-order valence-corrected chi connectivity index (χ1v) is 9.91. The number of benzene rings is 2. The molecule has 2 aromatic rings. The Morgan fingerprint density at radius 1 is 1.11 bits per heavy atom. The molecule has 0 heterocycles. The highest BCUT2D eigenvalue weighted by Crippen LogP contribution is 2.26.